The van der Waals surface area contributed by atoms with Crippen LogP contribution in [0.15, 0.2) is 12.1 Å². The maximum Gasteiger partial charge on any atom is 0.340 e. The number of hydrogen-bond donors (Lipinski definition) is 1. The molecule has 1 heterocycles. The monoisotopic (exact) mass is 195 g/mol. The molecule has 0 spiro atoms. The van der Waals surface area contributed by atoms with E-state index in [4.69, 9.17) is 0 Å². The van der Waals surface area contributed by atoms with Crippen LogP contribution in [0, 0.1) is 5.82 Å². The van der Waals surface area contributed by atoms with Crippen molar-refractivity contribution in [2.24, 2.45) is 0 Å². The number of anilines is 1. The van der Waals surface area contributed by atoms with Crippen LogP contribution >= 0.6 is 0 Å². The number of nitrogens with one attached hydrogen (secondary N) is 1. The Kier molecular flexibility index (Phi) is 2.11. The lowest BCUT2D eigenvalue weighted by Crippen LogP contribution is -2.06. The van der Waals surface area contributed by atoms with Crippen LogP contribution in [0.2, 0.25) is 0 Å². The van der Waals surface area contributed by atoms with Crippen LogP contribution in [-0.4, -0.2) is 19.6 Å². The summed E-state index contributed by atoms with van der Waals surface area (Å²) in [5, 5.41) is 3.03. The molecule has 4 heteroatoms. The maximum atomic E-state index is 13.7. The van der Waals surface area contributed by atoms with Crippen molar-refractivity contribution < 1.29 is 13.9 Å². The zero-order valence-corrected chi connectivity index (χ0v) is 7.76. The number of ether oxygens (including phenoxy) is 1. The molecule has 1 aliphatic rings. The van der Waals surface area contributed by atoms with Gasteiger partial charge in [0.25, 0.3) is 0 Å². The van der Waals surface area contributed by atoms with Gasteiger partial charge in [-0.05, 0) is 18.6 Å². The molecule has 1 aliphatic heterocycles. The summed E-state index contributed by atoms with van der Waals surface area (Å²) in [4.78, 5) is 11.2. The van der Waals surface area contributed by atoms with Gasteiger partial charge in [-0.2, -0.15) is 0 Å². The van der Waals surface area contributed by atoms with E-state index in [1.165, 1.54) is 13.2 Å². The van der Waals surface area contributed by atoms with Crippen molar-refractivity contribution in [1.29, 1.82) is 0 Å². The maximum absolute atomic E-state index is 13.7. The number of rotatable bonds is 1. The molecule has 1 aromatic rings. The quantitative estimate of drug-likeness (QED) is 0.691. The molecule has 0 amide bonds. The van der Waals surface area contributed by atoms with Gasteiger partial charge in [0.2, 0.25) is 0 Å². The van der Waals surface area contributed by atoms with Crippen LogP contribution in [0.5, 0.6) is 0 Å². The van der Waals surface area contributed by atoms with Gasteiger partial charge in [0.15, 0.2) is 0 Å². The number of methoxy groups -OCH3 is 1. The fourth-order valence-electron chi connectivity index (χ4n) is 1.62. The molecular formula is C10H10FNO2. The average molecular weight is 195 g/mol. The molecule has 1 N–H and O–H groups in total. The van der Waals surface area contributed by atoms with Gasteiger partial charge in [0, 0.05) is 17.8 Å². The second kappa shape index (κ2) is 3.29. The topological polar surface area (TPSA) is 38.3 Å². The van der Waals surface area contributed by atoms with Crippen LogP contribution in [-0.2, 0) is 11.2 Å². The van der Waals surface area contributed by atoms with E-state index in [0.717, 1.165) is 12.2 Å². The van der Waals surface area contributed by atoms with E-state index in [-0.39, 0.29) is 5.56 Å². The first-order chi connectivity index (χ1) is 6.74. The first-order valence-electron chi connectivity index (χ1n) is 4.37. The van der Waals surface area contributed by atoms with Crippen molar-refractivity contribution in [3.05, 3.63) is 29.1 Å². The number of benzene rings is 1. The molecule has 2 rings (SSSR count). The van der Waals surface area contributed by atoms with E-state index in [2.05, 4.69) is 10.1 Å². The van der Waals surface area contributed by atoms with Gasteiger partial charge in [-0.25, -0.2) is 9.18 Å². The van der Waals surface area contributed by atoms with Crippen molar-refractivity contribution in [2.75, 3.05) is 19.0 Å². The lowest BCUT2D eigenvalue weighted by Gasteiger charge is -2.05. The van der Waals surface area contributed by atoms with Crippen molar-refractivity contribution in [3.63, 3.8) is 0 Å². The molecule has 74 valence electrons. The molecule has 0 fully saturated rings. The van der Waals surface area contributed by atoms with Gasteiger partial charge < -0.3 is 10.1 Å². The molecule has 0 saturated carbocycles. The number of esters is 1. The fourth-order valence-corrected chi connectivity index (χ4v) is 1.62. The minimum atomic E-state index is -0.628. The molecule has 0 aromatic heterocycles. The Balaban J connectivity index is 2.50. The lowest BCUT2D eigenvalue weighted by molar-refractivity contribution is 0.0595. The Morgan fingerprint density at radius 3 is 3.07 bits per heavy atom. The zero-order chi connectivity index (χ0) is 10.1. The third-order valence-corrected chi connectivity index (χ3v) is 2.34. The molecule has 0 bridgehead atoms. The summed E-state index contributed by atoms with van der Waals surface area (Å²) in [5.74, 6) is -1.09. The van der Waals surface area contributed by atoms with Crippen LogP contribution in [0.3, 0.4) is 0 Å². The Labute approximate surface area is 80.9 Å². The summed E-state index contributed by atoms with van der Waals surface area (Å²) < 4.78 is 18.1. The molecular weight excluding hydrogens is 185 g/mol. The highest BCUT2D eigenvalue weighted by atomic mass is 19.1. The highest BCUT2D eigenvalue weighted by Crippen LogP contribution is 2.27. The predicted octanol–water partition coefficient (Wildman–Crippen LogP) is 1.58. The summed E-state index contributed by atoms with van der Waals surface area (Å²) in [6.07, 6.45) is 0.617. The summed E-state index contributed by atoms with van der Waals surface area (Å²) in [6.45, 7) is 0.719. The number of fused-ring (bicyclic) bond motifs is 1. The van der Waals surface area contributed by atoms with Crippen LogP contribution < -0.4 is 5.32 Å². The van der Waals surface area contributed by atoms with Crippen molar-refractivity contribution in [2.45, 2.75) is 6.42 Å². The van der Waals surface area contributed by atoms with Crippen molar-refractivity contribution in [1.82, 2.24) is 0 Å². The van der Waals surface area contributed by atoms with E-state index in [0.29, 0.717) is 12.0 Å². The largest absolute Gasteiger partial charge is 0.465 e. The first kappa shape index (κ1) is 8.99. The first-order valence-corrected chi connectivity index (χ1v) is 4.37. The normalized spacial score (nSPS) is 13.3. The Hall–Kier alpha value is -1.58. The summed E-state index contributed by atoms with van der Waals surface area (Å²) >= 11 is 0. The molecule has 0 unspecified atom stereocenters. The van der Waals surface area contributed by atoms with Gasteiger partial charge in [0.1, 0.15) is 5.82 Å². The van der Waals surface area contributed by atoms with E-state index in [1.54, 1.807) is 6.07 Å². The predicted molar refractivity (Wildman–Crippen MR) is 49.9 cm³/mol. The van der Waals surface area contributed by atoms with E-state index in [9.17, 15) is 9.18 Å². The molecule has 0 radical (unpaired) electrons. The van der Waals surface area contributed by atoms with E-state index in [1.807, 2.05) is 0 Å². The van der Waals surface area contributed by atoms with Crippen molar-refractivity contribution >= 4 is 11.7 Å². The van der Waals surface area contributed by atoms with Crippen LogP contribution in [0.25, 0.3) is 0 Å². The number of hydrogen-bond acceptors (Lipinski definition) is 3. The minimum Gasteiger partial charge on any atom is -0.465 e. The molecule has 1 aromatic carbocycles. The average Bonchev–Trinajstić information content (AvgIpc) is 2.66. The third-order valence-electron chi connectivity index (χ3n) is 2.34. The highest BCUT2D eigenvalue weighted by molar-refractivity contribution is 5.90. The van der Waals surface area contributed by atoms with Gasteiger partial charge in [-0.3, -0.25) is 0 Å². The lowest BCUT2D eigenvalue weighted by atomic mass is 10.1. The molecule has 0 saturated heterocycles. The third kappa shape index (κ3) is 1.23. The second-order valence-electron chi connectivity index (χ2n) is 3.12. The Morgan fingerprint density at radius 1 is 1.57 bits per heavy atom. The van der Waals surface area contributed by atoms with Crippen molar-refractivity contribution in [3.8, 4) is 0 Å². The van der Waals surface area contributed by atoms with Crippen LogP contribution in [0.4, 0.5) is 10.1 Å². The van der Waals surface area contributed by atoms with Gasteiger partial charge in [0.05, 0.1) is 12.7 Å². The minimum absolute atomic E-state index is 0.00921. The molecule has 3 nitrogen and oxygen atoms in total. The Morgan fingerprint density at radius 2 is 2.36 bits per heavy atom. The summed E-state index contributed by atoms with van der Waals surface area (Å²) in [6, 6.07) is 3.15. The number of halogens is 1. The second-order valence-corrected chi connectivity index (χ2v) is 3.12. The van der Waals surface area contributed by atoms with Gasteiger partial charge in [-0.1, -0.05) is 0 Å². The van der Waals surface area contributed by atoms with Gasteiger partial charge in [-0.15, -0.1) is 0 Å². The summed E-state index contributed by atoms with van der Waals surface area (Å²) in [5.41, 5.74) is 1.36. The SMILES string of the molecule is COC(=O)c1ccc2c(c1F)CCN2. The van der Waals surface area contributed by atoms with Crippen LogP contribution in [0.1, 0.15) is 15.9 Å². The van der Waals surface area contributed by atoms with Gasteiger partial charge >= 0.3 is 5.97 Å². The van der Waals surface area contributed by atoms with E-state index < -0.39 is 11.8 Å². The fraction of sp³-hybridized carbons (Fsp3) is 0.300. The molecule has 14 heavy (non-hydrogen) atoms. The number of carbonyl (C=O) groups is 1. The smallest absolute Gasteiger partial charge is 0.340 e. The number of carbonyl (C=O) groups excluding carboxylic acids is 1. The standard InChI is InChI=1S/C10H10FNO2/c1-14-10(13)7-2-3-8-6(9(7)11)4-5-12-8/h2-3,12H,4-5H2,1H3. The highest BCUT2D eigenvalue weighted by Gasteiger charge is 2.21. The van der Waals surface area contributed by atoms with E-state index >= 15 is 0 Å². The molecule has 0 aliphatic carbocycles. The molecule has 0 atom stereocenters. The Bertz CT molecular complexity index is 390. The summed E-state index contributed by atoms with van der Waals surface area (Å²) in [7, 11) is 1.24. The zero-order valence-electron chi connectivity index (χ0n) is 7.76.